The SMILES string of the molecule is CC(NC(=O)C(C)(C)C)C(=O)NC1CCN(C(=O)c2ccco2)CC1. The maximum Gasteiger partial charge on any atom is 0.289 e. The molecule has 1 aromatic rings. The Morgan fingerprint density at radius 1 is 1.24 bits per heavy atom. The molecular weight excluding hydrogens is 322 g/mol. The molecule has 1 fully saturated rings. The maximum atomic E-state index is 12.3. The van der Waals surface area contributed by atoms with Gasteiger partial charge in [0.25, 0.3) is 5.91 Å². The minimum Gasteiger partial charge on any atom is -0.459 e. The summed E-state index contributed by atoms with van der Waals surface area (Å²) in [7, 11) is 0. The van der Waals surface area contributed by atoms with Crippen LogP contribution in [0.4, 0.5) is 0 Å². The smallest absolute Gasteiger partial charge is 0.289 e. The molecule has 0 bridgehead atoms. The van der Waals surface area contributed by atoms with Gasteiger partial charge in [-0.25, -0.2) is 0 Å². The van der Waals surface area contributed by atoms with Gasteiger partial charge in [-0.15, -0.1) is 0 Å². The van der Waals surface area contributed by atoms with Crippen LogP contribution in [0.15, 0.2) is 22.8 Å². The van der Waals surface area contributed by atoms with E-state index >= 15 is 0 Å². The highest BCUT2D eigenvalue weighted by Crippen LogP contribution is 2.15. The molecule has 3 amide bonds. The second-order valence-corrected chi connectivity index (χ2v) is 7.50. The monoisotopic (exact) mass is 349 g/mol. The summed E-state index contributed by atoms with van der Waals surface area (Å²) < 4.78 is 5.13. The van der Waals surface area contributed by atoms with E-state index in [1.807, 2.05) is 0 Å². The van der Waals surface area contributed by atoms with E-state index in [-0.39, 0.29) is 23.8 Å². The summed E-state index contributed by atoms with van der Waals surface area (Å²) in [6.07, 6.45) is 2.84. The van der Waals surface area contributed by atoms with Gasteiger partial charge in [-0.05, 0) is 31.9 Å². The molecular formula is C18H27N3O4. The van der Waals surface area contributed by atoms with Crippen molar-refractivity contribution >= 4 is 17.7 Å². The Kier molecular flexibility index (Phi) is 5.87. The van der Waals surface area contributed by atoms with Crippen molar-refractivity contribution in [2.75, 3.05) is 13.1 Å². The van der Waals surface area contributed by atoms with Crippen LogP contribution in [0.5, 0.6) is 0 Å². The van der Waals surface area contributed by atoms with Crippen LogP contribution >= 0.6 is 0 Å². The highest BCUT2D eigenvalue weighted by Gasteiger charge is 2.28. The first kappa shape index (κ1) is 19.0. The Hall–Kier alpha value is -2.31. The molecule has 7 nitrogen and oxygen atoms in total. The molecule has 2 N–H and O–H groups in total. The van der Waals surface area contributed by atoms with E-state index in [4.69, 9.17) is 4.42 Å². The number of likely N-dealkylation sites (tertiary alicyclic amines) is 1. The van der Waals surface area contributed by atoms with Crippen LogP contribution in [0.1, 0.15) is 51.1 Å². The molecule has 1 atom stereocenters. The van der Waals surface area contributed by atoms with E-state index in [2.05, 4.69) is 10.6 Å². The van der Waals surface area contributed by atoms with Crippen LogP contribution in [-0.2, 0) is 9.59 Å². The van der Waals surface area contributed by atoms with E-state index in [1.54, 1.807) is 44.7 Å². The highest BCUT2D eigenvalue weighted by molar-refractivity contribution is 5.91. The number of carbonyl (C=O) groups is 3. The Morgan fingerprint density at radius 3 is 2.40 bits per heavy atom. The number of hydrogen-bond acceptors (Lipinski definition) is 4. The van der Waals surface area contributed by atoms with Gasteiger partial charge in [0.15, 0.2) is 5.76 Å². The molecule has 138 valence electrons. The van der Waals surface area contributed by atoms with Crippen LogP contribution < -0.4 is 10.6 Å². The van der Waals surface area contributed by atoms with Gasteiger partial charge in [0, 0.05) is 24.5 Å². The molecule has 25 heavy (non-hydrogen) atoms. The van der Waals surface area contributed by atoms with Crippen LogP contribution in [-0.4, -0.2) is 47.8 Å². The van der Waals surface area contributed by atoms with Crippen molar-refractivity contribution in [1.82, 2.24) is 15.5 Å². The Bertz CT molecular complexity index is 611. The normalized spacial score (nSPS) is 17.0. The number of rotatable bonds is 4. The number of furan rings is 1. The molecule has 1 aliphatic heterocycles. The second-order valence-electron chi connectivity index (χ2n) is 7.50. The average Bonchev–Trinajstić information content (AvgIpc) is 3.08. The molecule has 2 rings (SSSR count). The van der Waals surface area contributed by atoms with Gasteiger partial charge in [-0.3, -0.25) is 14.4 Å². The zero-order valence-corrected chi connectivity index (χ0v) is 15.3. The Labute approximate surface area is 148 Å². The summed E-state index contributed by atoms with van der Waals surface area (Å²) in [6, 6.07) is 2.75. The summed E-state index contributed by atoms with van der Waals surface area (Å²) in [4.78, 5) is 38.2. The fourth-order valence-electron chi connectivity index (χ4n) is 2.59. The molecule has 0 aliphatic carbocycles. The minimum absolute atomic E-state index is 0.00198. The molecule has 0 spiro atoms. The molecule has 0 saturated carbocycles. The van der Waals surface area contributed by atoms with Gasteiger partial charge in [-0.1, -0.05) is 20.8 Å². The number of piperidine rings is 1. The number of amides is 3. The molecule has 1 aromatic heterocycles. The van der Waals surface area contributed by atoms with Crippen molar-refractivity contribution in [2.24, 2.45) is 5.41 Å². The van der Waals surface area contributed by atoms with Gasteiger partial charge < -0.3 is 20.0 Å². The zero-order valence-electron chi connectivity index (χ0n) is 15.3. The number of carbonyl (C=O) groups excluding carboxylic acids is 3. The largest absolute Gasteiger partial charge is 0.459 e. The van der Waals surface area contributed by atoms with Gasteiger partial charge >= 0.3 is 0 Å². The van der Waals surface area contributed by atoms with Crippen LogP contribution in [0.2, 0.25) is 0 Å². The van der Waals surface area contributed by atoms with E-state index in [0.29, 0.717) is 31.7 Å². The third kappa shape index (κ3) is 5.08. The minimum atomic E-state index is -0.588. The van der Waals surface area contributed by atoms with E-state index in [1.165, 1.54) is 6.26 Å². The van der Waals surface area contributed by atoms with Crippen molar-refractivity contribution in [3.63, 3.8) is 0 Å². The molecule has 0 aromatic carbocycles. The van der Waals surface area contributed by atoms with Crippen molar-refractivity contribution < 1.29 is 18.8 Å². The maximum absolute atomic E-state index is 12.3. The van der Waals surface area contributed by atoms with Gasteiger partial charge in [0.1, 0.15) is 6.04 Å². The summed E-state index contributed by atoms with van der Waals surface area (Å²) in [5, 5.41) is 5.68. The lowest BCUT2D eigenvalue weighted by molar-refractivity contribution is -0.133. The Balaban J connectivity index is 1.78. The zero-order chi connectivity index (χ0) is 18.6. The van der Waals surface area contributed by atoms with Crippen molar-refractivity contribution in [3.05, 3.63) is 24.2 Å². The lowest BCUT2D eigenvalue weighted by Crippen LogP contribution is -2.53. The van der Waals surface area contributed by atoms with Crippen LogP contribution in [0.3, 0.4) is 0 Å². The fourth-order valence-corrected chi connectivity index (χ4v) is 2.59. The first-order valence-corrected chi connectivity index (χ1v) is 8.62. The lowest BCUT2D eigenvalue weighted by Gasteiger charge is -2.32. The fraction of sp³-hybridized carbons (Fsp3) is 0.611. The molecule has 7 heteroatoms. The summed E-state index contributed by atoms with van der Waals surface area (Å²) in [5.74, 6) is -0.149. The summed E-state index contributed by atoms with van der Waals surface area (Å²) in [5.41, 5.74) is -0.536. The first-order chi connectivity index (χ1) is 11.7. The molecule has 1 saturated heterocycles. The quantitative estimate of drug-likeness (QED) is 0.863. The topological polar surface area (TPSA) is 91.7 Å². The molecule has 1 aliphatic rings. The second kappa shape index (κ2) is 7.72. The van der Waals surface area contributed by atoms with Crippen molar-refractivity contribution in [3.8, 4) is 0 Å². The Morgan fingerprint density at radius 2 is 1.88 bits per heavy atom. The highest BCUT2D eigenvalue weighted by atomic mass is 16.3. The van der Waals surface area contributed by atoms with E-state index in [0.717, 1.165) is 0 Å². The predicted molar refractivity (Wildman–Crippen MR) is 92.8 cm³/mol. The van der Waals surface area contributed by atoms with Gasteiger partial charge in [0.2, 0.25) is 11.8 Å². The number of nitrogens with zero attached hydrogens (tertiary/aromatic N) is 1. The van der Waals surface area contributed by atoms with Gasteiger partial charge in [-0.2, -0.15) is 0 Å². The number of hydrogen-bond donors (Lipinski definition) is 2. The standard InChI is InChI=1S/C18H27N3O4/c1-12(19-17(24)18(2,3)4)15(22)20-13-7-9-21(10-8-13)16(23)14-6-5-11-25-14/h5-6,11-13H,7-10H2,1-4H3,(H,19,24)(H,20,22). The third-order valence-corrected chi connectivity index (χ3v) is 4.28. The summed E-state index contributed by atoms with van der Waals surface area (Å²) in [6.45, 7) is 8.21. The van der Waals surface area contributed by atoms with E-state index < -0.39 is 11.5 Å². The average molecular weight is 349 g/mol. The molecule has 0 radical (unpaired) electrons. The summed E-state index contributed by atoms with van der Waals surface area (Å²) >= 11 is 0. The molecule has 1 unspecified atom stereocenters. The number of nitrogens with one attached hydrogen (secondary N) is 2. The van der Waals surface area contributed by atoms with Crippen LogP contribution in [0.25, 0.3) is 0 Å². The van der Waals surface area contributed by atoms with Crippen molar-refractivity contribution in [1.29, 1.82) is 0 Å². The van der Waals surface area contributed by atoms with E-state index in [9.17, 15) is 14.4 Å². The molecule has 2 heterocycles. The first-order valence-electron chi connectivity index (χ1n) is 8.62. The predicted octanol–water partition coefficient (Wildman–Crippen LogP) is 1.55. The van der Waals surface area contributed by atoms with Gasteiger partial charge in [0.05, 0.1) is 6.26 Å². The lowest BCUT2D eigenvalue weighted by atomic mass is 9.95. The van der Waals surface area contributed by atoms with Crippen LogP contribution in [0, 0.1) is 5.41 Å². The van der Waals surface area contributed by atoms with Crippen molar-refractivity contribution in [2.45, 2.75) is 52.6 Å². The third-order valence-electron chi connectivity index (χ3n) is 4.28.